The molecule has 2 aromatic rings. The lowest BCUT2D eigenvalue weighted by Crippen LogP contribution is -2.42. The average molecular weight is 467 g/mol. The molecule has 2 spiro atoms. The molecule has 4 fully saturated rings. The summed E-state index contributed by atoms with van der Waals surface area (Å²) in [5.74, 6) is -0.644. The van der Waals surface area contributed by atoms with E-state index in [9.17, 15) is 5.11 Å². The van der Waals surface area contributed by atoms with E-state index in [1.165, 1.54) is 5.56 Å². The lowest BCUT2D eigenvalue weighted by atomic mass is 9.69. The van der Waals surface area contributed by atoms with Crippen LogP contribution >= 0.6 is 0 Å². The van der Waals surface area contributed by atoms with Crippen LogP contribution < -0.4 is 0 Å². The standard InChI is InChI=1S/C15H20O2.C14H18O3/c1-14(13-5-3-2-4-6-13)7-9-15(10-8-14)16-11-12-17-15;15-13(12-4-2-1-3-5-12)6-8-14(9-7-13)16-10-11-17-14/h2-6H,7-12H2,1H3;1-5,15H,6-11H2. The molecule has 0 amide bonds. The van der Waals surface area contributed by atoms with E-state index in [-0.39, 0.29) is 5.79 Å². The molecule has 6 rings (SSSR count). The third kappa shape index (κ3) is 4.95. The van der Waals surface area contributed by atoms with Gasteiger partial charge < -0.3 is 24.1 Å². The van der Waals surface area contributed by atoms with Crippen molar-refractivity contribution in [2.45, 2.75) is 80.9 Å². The Labute approximate surface area is 203 Å². The normalized spacial score (nSPS) is 29.0. The predicted molar refractivity (Wildman–Crippen MR) is 130 cm³/mol. The van der Waals surface area contributed by atoms with Gasteiger partial charge in [-0.15, -0.1) is 0 Å². The molecular weight excluding hydrogens is 428 g/mol. The smallest absolute Gasteiger partial charge is 0.168 e. The minimum atomic E-state index is -0.707. The second-order valence-corrected chi connectivity index (χ2v) is 10.5. The maximum Gasteiger partial charge on any atom is 0.168 e. The highest BCUT2D eigenvalue weighted by Crippen LogP contribution is 2.46. The number of rotatable bonds is 2. The summed E-state index contributed by atoms with van der Waals surface area (Å²) in [4.78, 5) is 0. The third-order valence-corrected chi connectivity index (χ3v) is 8.36. The van der Waals surface area contributed by atoms with E-state index in [0.717, 1.165) is 57.3 Å². The Morgan fingerprint density at radius 1 is 0.529 bits per heavy atom. The highest BCUT2D eigenvalue weighted by molar-refractivity contribution is 5.25. The summed E-state index contributed by atoms with van der Waals surface area (Å²) in [7, 11) is 0. The zero-order valence-corrected chi connectivity index (χ0v) is 20.3. The minimum absolute atomic E-state index is 0.242. The van der Waals surface area contributed by atoms with E-state index in [0.29, 0.717) is 31.5 Å². The minimum Gasteiger partial charge on any atom is -0.385 e. The molecule has 0 unspecified atom stereocenters. The molecule has 0 aromatic heterocycles. The van der Waals surface area contributed by atoms with Gasteiger partial charge >= 0.3 is 0 Å². The Hall–Kier alpha value is -1.76. The summed E-state index contributed by atoms with van der Waals surface area (Å²) in [6.07, 6.45) is 7.32. The molecule has 0 bridgehead atoms. The second kappa shape index (κ2) is 9.71. The van der Waals surface area contributed by atoms with Gasteiger partial charge in [-0.25, -0.2) is 0 Å². The fraction of sp³-hybridized carbons (Fsp3) is 0.586. The fourth-order valence-electron chi connectivity index (χ4n) is 5.96. The van der Waals surface area contributed by atoms with Gasteiger partial charge in [0, 0.05) is 25.7 Å². The van der Waals surface area contributed by atoms with Crippen LogP contribution in [0.5, 0.6) is 0 Å². The van der Waals surface area contributed by atoms with Crippen molar-refractivity contribution in [3.63, 3.8) is 0 Å². The average Bonchev–Trinajstić information content (AvgIpc) is 3.55. The molecule has 2 aliphatic heterocycles. The van der Waals surface area contributed by atoms with Crippen molar-refractivity contribution >= 4 is 0 Å². The maximum atomic E-state index is 10.7. The summed E-state index contributed by atoms with van der Waals surface area (Å²) in [5, 5.41) is 10.7. The molecule has 4 aliphatic rings. The quantitative estimate of drug-likeness (QED) is 0.638. The van der Waals surface area contributed by atoms with Crippen molar-refractivity contribution in [3.8, 4) is 0 Å². The number of ether oxygens (including phenoxy) is 4. The fourth-order valence-corrected chi connectivity index (χ4v) is 5.96. The van der Waals surface area contributed by atoms with Crippen molar-refractivity contribution in [1.29, 1.82) is 0 Å². The van der Waals surface area contributed by atoms with Crippen LogP contribution in [0.2, 0.25) is 0 Å². The van der Waals surface area contributed by atoms with Gasteiger partial charge in [-0.05, 0) is 42.2 Å². The molecular formula is C29H38O5. The lowest BCUT2D eigenvalue weighted by Gasteiger charge is -2.42. The third-order valence-electron chi connectivity index (χ3n) is 8.36. The van der Waals surface area contributed by atoms with Crippen LogP contribution in [0, 0.1) is 0 Å². The van der Waals surface area contributed by atoms with Crippen molar-refractivity contribution in [2.24, 2.45) is 0 Å². The van der Waals surface area contributed by atoms with Crippen molar-refractivity contribution in [3.05, 3.63) is 71.8 Å². The molecule has 2 saturated heterocycles. The van der Waals surface area contributed by atoms with E-state index in [2.05, 4.69) is 37.3 Å². The first kappa shape index (κ1) is 24.0. The lowest BCUT2D eigenvalue weighted by molar-refractivity contribution is -0.204. The van der Waals surface area contributed by atoms with Gasteiger partial charge in [0.05, 0.1) is 32.0 Å². The molecule has 2 saturated carbocycles. The molecule has 184 valence electrons. The molecule has 5 heteroatoms. The highest BCUT2D eigenvalue weighted by atomic mass is 16.7. The Morgan fingerprint density at radius 2 is 0.912 bits per heavy atom. The van der Waals surface area contributed by atoms with Crippen LogP contribution in [0.3, 0.4) is 0 Å². The topological polar surface area (TPSA) is 57.2 Å². The van der Waals surface area contributed by atoms with E-state index in [1.54, 1.807) is 0 Å². The van der Waals surface area contributed by atoms with Crippen LogP contribution in [-0.2, 0) is 30.0 Å². The maximum absolute atomic E-state index is 10.7. The first-order valence-electron chi connectivity index (χ1n) is 12.8. The van der Waals surface area contributed by atoms with Crippen LogP contribution in [0.25, 0.3) is 0 Å². The van der Waals surface area contributed by atoms with E-state index >= 15 is 0 Å². The van der Waals surface area contributed by atoms with Gasteiger partial charge in [-0.2, -0.15) is 0 Å². The molecule has 5 nitrogen and oxygen atoms in total. The highest BCUT2D eigenvalue weighted by Gasteiger charge is 2.46. The van der Waals surface area contributed by atoms with Crippen LogP contribution in [-0.4, -0.2) is 43.1 Å². The zero-order chi connectivity index (χ0) is 23.5. The zero-order valence-electron chi connectivity index (χ0n) is 20.3. The second-order valence-electron chi connectivity index (χ2n) is 10.5. The van der Waals surface area contributed by atoms with Gasteiger partial charge in [0.2, 0.25) is 0 Å². The first-order valence-corrected chi connectivity index (χ1v) is 12.8. The van der Waals surface area contributed by atoms with Crippen molar-refractivity contribution in [1.82, 2.24) is 0 Å². The predicted octanol–water partition coefficient (Wildman–Crippen LogP) is 5.45. The van der Waals surface area contributed by atoms with E-state index < -0.39 is 11.4 Å². The molecule has 2 aliphatic carbocycles. The largest absolute Gasteiger partial charge is 0.385 e. The van der Waals surface area contributed by atoms with Crippen molar-refractivity contribution < 1.29 is 24.1 Å². The SMILES string of the molecule is CC1(c2ccccc2)CCC2(CC1)OCCO2.OC1(c2ccccc2)CCC2(CC1)OCCO2. The molecule has 34 heavy (non-hydrogen) atoms. The summed E-state index contributed by atoms with van der Waals surface area (Å²) in [5.41, 5.74) is 2.05. The van der Waals surface area contributed by atoms with Crippen LogP contribution in [0.15, 0.2) is 60.7 Å². The Kier molecular flexibility index (Phi) is 6.84. The van der Waals surface area contributed by atoms with Gasteiger partial charge in [0.1, 0.15) is 0 Å². The Morgan fingerprint density at radius 3 is 1.35 bits per heavy atom. The summed E-state index contributed by atoms with van der Waals surface area (Å²) in [6, 6.07) is 20.7. The van der Waals surface area contributed by atoms with Gasteiger partial charge in [-0.3, -0.25) is 0 Å². The van der Waals surface area contributed by atoms with Crippen LogP contribution in [0.4, 0.5) is 0 Å². The molecule has 1 N–H and O–H groups in total. The Balaban J connectivity index is 0.000000142. The van der Waals surface area contributed by atoms with Gasteiger partial charge in [0.25, 0.3) is 0 Å². The van der Waals surface area contributed by atoms with E-state index in [1.807, 2.05) is 30.3 Å². The van der Waals surface area contributed by atoms with Crippen LogP contribution in [0.1, 0.15) is 69.4 Å². The molecule has 2 heterocycles. The van der Waals surface area contributed by atoms with E-state index in [4.69, 9.17) is 18.9 Å². The summed E-state index contributed by atoms with van der Waals surface area (Å²) in [6.45, 7) is 5.27. The van der Waals surface area contributed by atoms with Gasteiger partial charge in [0.15, 0.2) is 11.6 Å². The van der Waals surface area contributed by atoms with Crippen molar-refractivity contribution in [2.75, 3.05) is 26.4 Å². The summed E-state index contributed by atoms with van der Waals surface area (Å²) < 4.78 is 22.9. The van der Waals surface area contributed by atoms with Gasteiger partial charge in [-0.1, -0.05) is 67.6 Å². The molecule has 2 aromatic carbocycles. The number of aliphatic hydroxyl groups is 1. The number of hydrogen-bond donors (Lipinski definition) is 1. The summed E-state index contributed by atoms with van der Waals surface area (Å²) >= 11 is 0. The number of benzene rings is 2. The molecule has 0 radical (unpaired) electrons. The monoisotopic (exact) mass is 466 g/mol. The first-order chi connectivity index (χ1) is 16.5. The number of hydrogen-bond acceptors (Lipinski definition) is 5. The Bertz CT molecular complexity index is 819. The molecule has 0 atom stereocenters.